The molecule has 1 saturated heterocycles. The number of unbranched alkanes of at least 4 members (excludes halogenated alkanes) is 59. The van der Waals surface area contributed by atoms with Crippen molar-refractivity contribution in [1.29, 1.82) is 0 Å². The van der Waals surface area contributed by atoms with Crippen molar-refractivity contribution >= 4 is 5.91 Å². The Morgan fingerprint density at radius 1 is 0.388 bits per heavy atom. The van der Waals surface area contributed by atoms with Crippen LogP contribution in [0.5, 0.6) is 0 Å². The quantitative estimate of drug-likeness (QED) is 0.0261. The van der Waals surface area contributed by atoms with Gasteiger partial charge in [-0.2, -0.15) is 0 Å². The minimum absolute atomic E-state index is 0.166. The van der Waals surface area contributed by atoms with E-state index in [-0.39, 0.29) is 12.5 Å². The van der Waals surface area contributed by atoms with Crippen LogP contribution in [0.1, 0.15) is 412 Å². The summed E-state index contributed by atoms with van der Waals surface area (Å²) in [5, 5.41) is 54.8. The Bertz CT molecular complexity index is 1350. The van der Waals surface area contributed by atoms with Gasteiger partial charge in [-0.1, -0.05) is 398 Å². The van der Waals surface area contributed by atoms with Crippen LogP contribution in [0.25, 0.3) is 0 Å². The maximum atomic E-state index is 13.1. The SMILES string of the molecule is CCCCCCCCCCCCCCCCCCCCCCCC/C=C/C(O)C(COC1OC(CO)C(O)C(O)C1O)NC(=O)CCCCCCCCCCCCCCCCCCCCCCCCCCCCCCCCCCCCCCCC. The summed E-state index contributed by atoms with van der Waals surface area (Å²) < 4.78 is 11.3. The van der Waals surface area contributed by atoms with Crippen LogP contribution in [0.2, 0.25) is 0 Å². The topological polar surface area (TPSA) is 149 Å². The third kappa shape index (κ3) is 54.4. The number of rotatable bonds is 69. The van der Waals surface area contributed by atoms with E-state index in [0.717, 1.165) is 38.5 Å². The summed E-state index contributed by atoms with van der Waals surface area (Å²) in [6.07, 6.45) is 79.3. The maximum Gasteiger partial charge on any atom is 0.220 e. The number of carbonyl (C=O) groups is 1. The van der Waals surface area contributed by atoms with Crippen molar-refractivity contribution in [3.63, 3.8) is 0 Å². The highest BCUT2D eigenvalue weighted by molar-refractivity contribution is 5.76. The van der Waals surface area contributed by atoms with E-state index in [1.54, 1.807) is 6.08 Å². The summed E-state index contributed by atoms with van der Waals surface area (Å²) in [7, 11) is 0. The van der Waals surface area contributed by atoms with Crippen LogP contribution in [0.4, 0.5) is 0 Å². The Kier molecular flexibility index (Phi) is 63.5. The highest BCUT2D eigenvalue weighted by atomic mass is 16.7. The highest BCUT2D eigenvalue weighted by Crippen LogP contribution is 2.24. The van der Waals surface area contributed by atoms with E-state index in [1.165, 1.54) is 353 Å². The first-order valence-corrected chi connectivity index (χ1v) is 38.4. The van der Waals surface area contributed by atoms with E-state index < -0.39 is 49.5 Å². The highest BCUT2D eigenvalue weighted by Gasteiger charge is 2.44. The Morgan fingerprint density at radius 3 is 0.918 bits per heavy atom. The van der Waals surface area contributed by atoms with Gasteiger partial charge in [0.15, 0.2) is 6.29 Å². The third-order valence-electron chi connectivity index (χ3n) is 18.9. The minimum atomic E-state index is -1.56. The van der Waals surface area contributed by atoms with E-state index in [9.17, 15) is 30.3 Å². The monoisotopic (exact) mass is 1200 g/mol. The van der Waals surface area contributed by atoms with Gasteiger partial charge >= 0.3 is 0 Å². The Morgan fingerprint density at radius 2 is 0.647 bits per heavy atom. The molecule has 9 heteroatoms. The predicted octanol–water partition coefficient (Wildman–Crippen LogP) is 21.4. The van der Waals surface area contributed by atoms with Crippen molar-refractivity contribution in [2.75, 3.05) is 13.2 Å². The Labute approximate surface area is 528 Å². The first-order chi connectivity index (χ1) is 41.8. The van der Waals surface area contributed by atoms with E-state index >= 15 is 0 Å². The zero-order valence-electron chi connectivity index (χ0n) is 56.9. The van der Waals surface area contributed by atoms with Crippen molar-refractivity contribution in [2.24, 2.45) is 0 Å². The van der Waals surface area contributed by atoms with E-state index in [2.05, 4.69) is 19.2 Å². The molecule has 506 valence electrons. The molecule has 0 saturated carbocycles. The number of hydrogen-bond acceptors (Lipinski definition) is 8. The van der Waals surface area contributed by atoms with Gasteiger partial charge in [0.25, 0.3) is 0 Å². The molecule has 7 atom stereocenters. The minimum Gasteiger partial charge on any atom is -0.394 e. The zero-order valence-corrected chi connectivity index (χ0v) is 56.9. The number of carbonyl (C=O) groups excluding carboxylic acids is 1. The van der Waals surface area contributed by atoms with Gasteiger partial charge in [-0.05, 0) is 19.3 Å². The summed E-state index contributed by atoms with van der Waals surface area (Å²) in [5.74, 6) is -0.166. The lowest BCUT2D eigenvalue weighted by atomic mass is 9.99. The molecule has 0 aliphatic carbocycles. The summed E-state index contributed by atoms with van der Waals surface area (Å²) in [5.41, 5.74) is 0. The van der Waals surface area contributed by atoms with Crippen LogP contribution >= 0.6 is 0 Å². The number of hydrogen-bond donors (Lipinski definition) is 6. The molecule has 1 heterocycles. The van der Waals surface area contributed by atoms with Crippen LogP contribution in [0, 0.1) is 0 Å². The number of nitrogens with one attached hydrogen (secondary N) is 1. The van der Waals surface area contributed by atoms with Crippen LogP contribution in [-0.4, -0.2) is 87.5 Å². The van der Waals surface area contributed by atoms with Gasteiger partial charge in [0, 0.05) is 6.42 Å². The Hall–Kier alpha value is -1.07. The van der Waals surface area contributed by atoms with Gasteiger partial charge in [0.05, 0.1) is 25.4 Å². The molecule has 0 aromatic heterocycles. The second kappa shape index (κ2) is 65.9. The van der Waals surface area contributed by atoms with Gasteiger partial charge in [0.1, 0.15) is 24.4 Å². The fourth-order valence-electron chi connectivity index (χ4n) is 12.9. The first-order valence-electron chi connectivity index (χ1n) is 38.4. The zero-order chi connectivity index (χ0) is 61.4. The summed E-state index contributed by atoms with van der Waals surface area (Å²) in [4.78, 5) is 13.1. The molecule has 6 N–H and O–H groups in total. The lowest BCUT2D eigenvalue weighted by Gasteiger charge is -2.40. The van der Waals surface area contributed by atoms with E-state index in [0.29, 0.717) is 6.42 Å². The molecule has 7 unspecified atom stereocenters. The van der Waals surface area contributed by atoms with E-state index in [1.807, 2.05) is 6.08 Å². The summed E-state index contributed by atoms with van der Waals surface area (Å²) in [6, 6.07) is -0.802. The fraction of sp³-hybridized carbons (Fsp3) is 0.961. The molecule has 1 aliphatic rings. The molecule has 85 heavy (non-hydrogen) atoms. The van der Waals surface area contributed by atoms with Crippen molar-refractivity contribution < 1.29 is 39.8 Å². The second-order valence-corrected chi connectivity index (χ2v) is 27.2. The molecule has 1 amide bonds. The largest absolute Gasteiger partial charge is 0.394 e. The molecule has 0 bridgehead atoms. The maximum absolute atomic E-state index is 13.1. The molecule has 1 fully saturated rings. The van der Waals surface area contributed by atoms with Gasteiger partial charge < -0.3 is 40.3 Å². The van der Waals surface area contributed by atoms with Gasteiger partial charge in [-0.25, -0.2) is 0 Å². The Balaban J connectivity index is 2.04. The number of allylic oxidation sites excluding steroid dienone is 1. The average Bonchev–Trinajstić information content (AvgIpc) is 3.70. The second-order valence-electron chi connectivity index (χ2n) is 27.2. The first kappa shape index (κ1) is 81.9. The fourth-order valence-corrected chi connectivity index (χ4v) is 12.9. The molecule has 0 spiro atoms. The number of aliphatic hydroxyl groups is 5. The van der Waals surface area contributed by atoms with Crippen molar-refractivity contribution in [3.05, 3.63) is 12.2 Å². The molecule has 1 rings (SSSR count). The number of aliphatic hydroxyl groups excluding tert-OH is 5. The smallest absolute Gasteiger partial charge is 0.220 e. The van der Waals surface area contributed by atoms with Gasteiger partial charge in [-0.15, -0.1) is 0 Å². The molecular weight excluding hydrogens is 1050 g/mol. The lowest BCUT2D eigenvalue weighted by molar-refractivity contribution is -0.302. The third-order valence-corrected chi connectivity index (χ3v) is 18.9. The van der Waals surface area contributed by atoms with Crippen molar-refractivity contribution in [3.8, 4) is 0 Å². The summed E-state index contributed by atoms with van der Waals surface area (Å²) >= 11 is 0. The van der Waals surface area contributed by atoms with E-state index in [4.69, 9.17) is 9.47 Å². The number of amides is 1. The average molecular weight is 1210 g/mol. The molecule has 0 radical (unpaired) electrons. The van der Waals surface area contributed by atoms with Crippen molar-refractivity contribution in [1.82, 2.24) is 5.32 Å². The normalized spacial score (nSPS) is 18.0. The van der Waals surface area contributed by atoms with Crippen LogP contribution < -0.4 is 5.32 Å². The molecule has 1 aliphatic heterocycles. The molecule has 0 aromatic rings. The van der Waals surface area contributed by atoms with Crippen LogP contribution in [0.15, 0.2) is 12.2 Å². The van der Waals surface area contributed by atoms with Gasteiger partial charge in [-0.3, -0.25) is 4.79 Å². The van der Waals surface area contributed by atoms with Crippen LogP contribution in [-0.2, 0) is 14.3 Å². The lowest BCUT2D eigenvalue weighted by Crippen LogP contribution is -2.60. The summed E-state index contributed by atoms with van der Waals surface area (Å²) in [6.45, 7) is 3.85. The molecule has 9 nitrogen and oxygen atoms in total. The standard InChI is InChI=1S/C76H149NO8/c1-3-5-7-9-11-13-15-17-19-21-23-25-27-29-30-31-32-33-34-35-36-37-38-39-40-41-42-44-46-48-50-52-54-56-58-60-62-64-66-72(80)77-69(68-84-76-75(83)74(82)73(81)71(67-78)85-76)70(79)65-63-61-59-57-55-53-51-49-47-45-43-28-26-24-22-20-18-16-14-12-10-8-6-4-2/h63,65,69-71,73-76,78-79,81-83H,3-62,64,66-68H2,1-2H3,(H,77,80)/b65-63+. The van der Waals surface area contributed by atoms with Crippen LogP contribution in [0.3, 0.4) is 0 Å². The van der Waals surface area contributed by atoms with Crippen molar-refractivity contribution in [2.45, 2.75) is 455 Å². The molecular formula is C76H149NO8. The number of ether oxygens (including phenoxy) is 2. The predicted molar refractivity (Wildman–Crippen MR) is 364 cm³/mol. The van der Waals surface area contributed by atoms with Gasteiger partial charge in [0.2, 0.25) is 5.91 Å². The molecule has 0 aromatic carbocycles.